The lowest BCUT2D eigenvalue weighted by Gasteiger charge is -2.29. The Labute approximate surface area is 330 Å². The van der Waals surface area contributed by atoms with Crippen LogP contribution in [0.2, 0.25) is 0 Å². The maximum atomic E-state index is 12.8. The first-order valence-electron chi connectivity index (χ1n) is 19.5. The van der Waals surface area contributed by atoms with Crippen molar-refractivity contribution in [3.05, 3.63) is 24.0 Å². The first-order chi connectivity index (χ1) is 26.8. The van der Waals surface area contributed by atoms with E-state index in [2.05, 4.69) is 15.6 Å². The van der Waals surface area contributed by atoms with E-state index < -0.39 is 35.0 Å². The lowest BCUT2D eigenvalue weighted by Crippen LogP contribution is -2.39. The quantitative estimate of drug-likeness (QED) is 0.106. The summed E-state index contributed by atoms with van der Waals surface area (Å²) in [6, 6.07) is -0.464. The standard InChI is InChI=1S/C38H53N7O10S/c1-25(46)31(39)9-5-6-19-40-33(49)24-43-23-28(41-42-43)14-15-29(47)7-3-2-4-8-30(48)18-20-56-32-21-36(52)45(37(32)53)55-38(54)27-12-10-26(11-13-27)22-44-34(50)16-17-35(44)51/h16-17,23,26-27,31-32H,2-15,18-22,24,39H2,1H3,(H,40,49). The number of hydrogen-bond acceptors (Lipinski definition) is 14. The van der Waals surface area contributed by atoms with Gasteiger partial charge < -0.3 is 15.9 Å². The summed E-state index contributed by atoms with van der Waals surface area (Å²) < 4.78 is 1.43. The minimum atomic E-state index is -0.732. The molecule has 2 atom stereocenters. The Hall–Kier alpha value is -4.58. The first kappa shape index (κ1) is 44.1. The molecule has 3 heterocycles. The molecule has 4 rings (SSSR count). The summed E-state index contributed by atoms with van der Waals surface area (Å²) in [6.07, 6.45) is 11.9. The van der Waals surface area contributed by atoms with E-state index in [-0.39, 0.29) is 60.4 Å². The zero-order chi connectivity index (χ0) is 40.6. The van der Waals surface area contributed by atoms with Gasteiger partial charge >= 0.3 is 5.97 Å². The Kier molecular flexibility index (Phi) is 17.5. The van der Waals surface area contributed by atoms with Gasteiger partial charge in [0.15, 0.2) is 0 Å². The number of hydrogen-bond donors (Lipinski definition) is 2. The van der Waals surface area contributed by atoms with Crippen LogP contribution in [0.15, 0.2) is 18.3 Å². The zero-order valence-corrected chi connectivity index (χ0v) is 32.8. The van der Waals surface area contributed by atoms with Crippen LogP contribution in [0.25, 0.3) is 0 Å². The van der Waals surface area contributed by atoms with Crippen molar-refractivity contribution in [1.29, 1.82) is 0 Å². The maximum Gasteiger partial charge on any atom is 0.336 e. The molecule has 3 N–H and O–H groups in total. The molecule has 1 saturated heterocycles. The topological polar surface area (TPSA) is 238 Å². The molecule has 5 amide bonds. The van der Waals surface area contributed by atoms with Crippen molar-refractivity contribution in [3.8, 4) is 0 Å². The number of amides is 5. The van der Waals surface area contributed by atoms with Crippen LogP contribution in [0, 0.1) is 11.8 Å². The van der Waals surface area contributed by atoms with Gasteiger partial charge in [-0.2, -0.15) is 0 Å². The van der Waals surface area contributed by atoms with Crippen LogP contribution in [-0.4, -0.2) is 108 Å². The van der Waals surface area contributed by atoms with Crippen LogP contribution < -0.4 is 11.1 Å². The Balaban J connectivity index is 0.998. The number of nitrogens with zero attached hydrogens (tertiary/aromatic N) is 5. The monoisotopic (exact) mass is 799 g/mol. The number of Topliss-reactive ketones (excluding diaryl/α,β-unsaturated/α-hetero) is 3. The van der Waals surface area contributed by atoms with Crippen LogP contribution in [0.4, 0.5) is 0 Å². The van der Waals surface area contributed by atoms with Crippen molar-refractivity contribution >= 4 is 64.6 Å². The normalized spacial score (nSPS) is 20.1. The number of aryl methyl sites for hydroxylation is 1. The molecule has 0 bridgehead atoms. The van der Waals surface area contributed by atoms with Crippen molar-refractivity contribution < 1.29 is 48.0 Å². The summed E-state index contributed by atoms with van der Waals surface area (Å²) in [6.45, 7) is 2.24. The molecule has 56 heavy (non-hydrogen) atoms. The first-order valence-corrected chi connectivity index (χ1v) is 20.5. The molecular formula is C38H53N7O10S. The lowest BCUT2D eigenvalue weighted by molar-refractivity contribution is -0.201. The highest BCUT2D eigenvalue weighted by Crippen LogP contribution is 2.32. The average Bonchev–Trinajstić information content (AvgIpc) is 3.83. The fourth-order valence-electron chi connectivity index (χ4n) is 6.73. The van der Waals surface area contributed by atoms with Gasteiger partial charge in [0.2, 0.25) is 5.91 Å². The summed E-state index contributed by atoms with van der Waals surface area (Å²) in [5.41, 5.74) is 6.32. The minimum Gasteiger partial charge on any atom is -0.354 e. The zero-order valence-electron chi connectivity index (χ0n) is 32.0. The molecule has 0 radical (unpaired) electrons. The molecule has 0 spiro atoms. The van der Waals surface area contributed by atoms with Gasteiger partial charge in [0.05, 0.1) is 29.3 Å². The molecule has 2 aliphatic heterocycles. The number of carbonyl (C=O) groups is 9. The number of thioether (sulfide) groups is 1. The van der Waals surface area contributed by atoms with Gasteiger partial charge in [0.25, 0.3) is 23.6 Å². The summed E-state index contributed by atoms with van der Waals surface area (Å²) in [5.74, 6) is -2.77. The lowest BCUT2D eigenvalue weighted by atomic mass is 9.82. The maximum absolute atomic E-state index is 12.8. The van der Waals surface area contributed by atoms with E-state index in [9.17, 15) is 43.2 Å². The highest BCUT2D eigenvalue weighted by Gasteiger charge is 2.43. The number of nitrogens with one attached hydrogen (secondary N) is 1. The van der Waals surface area contributed by atoms with Crippen molar-refractivity contribution in [2.75, 3.05) is 18.8 Å². The molecule has 18 heteroatoms. The highest BCUT2D eigenvalue weighted by atomic mass is 32.2. The third-order valence-electron chi connectivity index (χ3n) is 10.2. The van der Waals surface area contributed by atoms with Gasteiger partial charge in [-0.25, -0.2) is 9.48 Å². The molecule has 1 aliphatic carbocycles. The fourth-order valence-corrected chi connectivity index (χ4v) is 7.86. The molecule has 2 fully saturated rings. The van der Waals surface area contributed by atoms with Gasteiger partial charge in [-0.15, -0.1) is 21.9 Å². The number of aromatic nitrogens is 3. The van der Waals surface area contributed by atoms with E-state index in [0.717, 1.165) is 6.42 Å². The minimum absolute atomic E-state index is 0.0124. The number of carbonyl (C=O) groups excluding carboxylic acids is 9. The predicted molar refractivity (Wildman–Crippen MR) is 202 cm³/mol. The van der Waals surface area contributed by atoms with Crippen molar-refractivity contribution in [1.82, 2.24) is 30.3 Å². The summed E-state index contributed by atoms with van der Waals surface area (Å²) >= 11 is 1.19. The van der Waals surface area contributed by atoms with E-state index in [1.54, 1.807) is 6.20 Å². The third-order valence-corrected chi connectivity index (χ3v) is 11.4. The van der Waals surface area contributed by atoms with E-state index in [1.165, 1.54) is 40.4 Å². The Morgan fingerprint density at radius 3 is 2.27 bits per heavy atom. The fraction of sp³-hybridized carbons (Fsp3) is 0.658. The van der Waals surface area contributed by atoms with E-state index >= 15 is 0 Å². The second-order valence-corrected chi connectivity index (χ2v) is 16.0. The smallest absolute Gasteiger partial charge is 0.336 e. The molecule has 3 aliphatic rings. The number of hydroxylamine groups is 2. The van der Waals surface area contributed by atoms with Crippen LogP contribution in [0.5, 0.6) is 0 Å². The van der Waals surface area contributed by atoms with Crippen LogP contribution >= 0.6 is 11.8 Å². The third kappa shape index (κ3) is 14.2. The molecule has 2 unspecified atom stereocenters. The van der Waals surface area contributed by atoms with Gasteiger partial charge in [-0.05, 0) is 77.0 Å². The second kappa shape index (κ2) is 22.2. The highest BCUT2D eigenvalue weighted by molar-refractivity contribution is 8.00. The van der Waals surface area contributed by atoms with Crippen LogP contribution in [0.3, 0.4) is 0 Å². The van der Waals surface area contributed by atoms with Crippen LogP contribution in [-0.2, 0) is 61.0 Å². The molecule has 17 nitrogen and oxygen atoms in total. The largest absolute Gasteiger partial charge is 0.354 e. The molecular weight excluding hydrogens is 747 g/mol. The van der Waals surface area contributed by atoms with E-state index in [0.29, 0.717) is 113 Å². The van der Waals surface area contributed by atoms with Gasteiger partial charge in [-0.1, -0.05) is 11.6 Å². The molecule has 1 saturated carbocycles. The summed E-state index contributed by atoms with van der Waals surface area (Å²) in [4.78, 5) is 116. The van der Waals surface area contributed by atoms with Crippen LogP contribution in [0.1, 0.15) is 109 Å². The SMILES string of the molecule is CC(=O)C(N)CCCCNC(=O)Cn1cc(CCC(=O)CCCCCC(=O)CCSC2CC(=O)N(OC(=O)C3CCC(CN4C(=O)C=CC4=O)CC3)C2=O)nn1. The summed E-state index contributed by atoms with van der Waals surface area (Å²) in [7, 11) is 0. The number of rotatable bonds is 25. The molecule has 306 valence electrons. The summed E-state index contributed by atoms with van der Waals surface area (Å²) in [5, 5.41) is 10.6. The Bertz CT molecular complexity index is 1640. The number of unbranched alkanes of at least 4 members (excludes halogenated alkanes) is 3. The van der Waals surface area contributed by atoms with E-state index in [1.807, 2.05) is 0 Å². The number of ketones is 3. The van der Waals surface area contributed by atoms with Gasteiger partial charge in [0, 0.05) is 62.9 Å². The molecule has 1 aromatic rings. The Morgan fingerprint density at radius 2 is 1.59 bits per heavy atom. The van der Waals surface area contributed by atoms with Crippen molar-refractivity contribution in [2.45, 2.75) is 127 Å². The van der Waals surface area contributed by atoms with Crippen molar-refractivity contribution in [2.24, 2.45) is 17.6 Å². The second-order valence-electron chi connectivity index (χ2n) is 14.7. The number of nitrogens with two attached hydrogens (primary N) is 1. The molecule has 0 aromatic carbocycles. The predicted octanol–water partition coefficient (Wildman–Crippen LogP) is 1.94. The Morgan fingerprint density at radius 1 is 0.911 bits per heavy atom. The van der Waals surface area contributed by atoms with E-state index in [4.69, 9.17) is 10.6 Å². The average molecular weight is 800 g/mol. The van der Waals surface area contributed by atoms with Gasteiger partial charge in [-0.3, -0.25) is 43.3 Å². The molecule has 1 aromatic heterocycles. The van der Waals surface area contributed by atoms with Crippen molar-refractivity contribution in [3.63, 3.8) is 0 Å². The number of imide groups is 2. The van der Waals surface area contributed by atoms with Gasteiger partial charge in [0.1, 0.15) is 23.9 Å².